The lowest BCUT2D eigenvalue weighted by atomic mass is 10.1. The van der Waals surface area contributed by atoms with E-state index >= 15 is 0 Å². The molecule has 0 saturated carbocycles. The van der Waals surface area contributed by atoms with Crippen LogP contribution in [0.2, 0.25) is 0 Å². The first-order valence-electron chi connectivity index (χ1n) is 6.71. The first-order chi connectivity index (χ1) is 9.63. The molecule has 0 bridgehead atoms. The van der Waals surface area contributed by atoms with Gasteiger partial charge in [-0.3, -0.25) is 0 Å². The van der Waals surface area contributed by atoms with E-state index in [9.17, 15) is 0 Å². The Labute approximate surface area is 126 Å². The summed E-state index contributed by atoms with van der Waals surface area (Å²) in [7, 11) is 0. The molecule has 2 aromatic rings. The van der Waals surface area contributed by atoms with Crippen molar-refractivity contribution in [2.45, 2.75) is 33.4 Å². The minimum absolute atomic E-state index is 0.621. The smallest absolute Gasteiger partial charge is 0.208 e. The number of rotatable bonds is 4. The molecule has 0 spiro atoms. The van der Waals surface area contributed by atoms with Crippen LogP contribution in [0, 0.1) is 13.8 Å². The molecule has 1 aliphatic rings. The SMILES string of the molecule is Cc1nc(CNCc2cc(Br)cc3c2OCC3)oc1C. The number of nitrogens with one attached hydrogen (secondary N) is 1. The maximum absolute atomic E-state index is 5.71. The van der Waals surface area contributed by atoms with Gasteiger partial charge in [0, 0.05) is 23.0 Å². The largest absolute Gasteiger partial charge is 0.493 e. The first-order valence-corrected chi connectivity index (χ1v) is 7.50. The highest BCUT2D eigenvalue weighted by Crippen LogP contribution is 2.32. The number of nitrogens with zero attached hydrogens (tertiary/aromatic N) is 1. The van der Waals surface area contributed by atoms with Crippen molar-refractivity contribution in [3.05, 3.63) is 45.1 Å². The molecule has 0 amide bonds. The number of hydrogen-bond donors (Lipinski definition) is 1. The summed E-state index contributed by atoms with van der Waals surface area (Å²) < 4.78 is 12.4. The highest BCUT2D eigenvalue weighted by atomic mass is 79.9. The molecule has 1 aromatic heterocycles. The molecule has 0 atom stereocenters. The number of fused-ring (bicyclic) bond motifs is 1. The molecule has 0 fully saturated rings. The van der Waals surface area contributed by atoms with Crippen LogP contribution in [0.15, 0.2) is 21.0 Å². The average molecular weight is 337 g/mol. The Morgan fingerprint density at radius 1 is 1.30 bits per heavy atom. The second kappa shape index (κ2) is 5.58. The summed E-state index contributed by atoms with van der Waals surface area (Å²) in [6.45, 7) is 6.02. The number of hydrogen-bond acceptors (Lipinski definition) is 4. The lowest BCUT2D eigenvalue weighted by molar-refractivity contribution is 0.351. The van der Waals surface area contributed by atoms with Crippen molar-refractivity contribution in [2.24, 2.45) is 0 Å². The van der Waals surface area contributed by atoms with Gasteiger partial charge in [-0.1, -0.05) is 15.9 Å². The molecule has 0 aliphatic carbocycles. The zero-order valence-corrected chi connectivity index (χ0v) is 13.2. The fourth-order valence-corrected chi connectivity index (χ4v) is 2.95. The molecule has 1 N–H and O–H groups in total. The number of aryl methyl sites for hydroxylation is 2. The highest BCUT2D eigenvalue weighted by molar-refractivity contribution is 9.10. The van der Waals surface area contributed by atoms with Gasteiger partial charge in [0.2, 0.25) is 5.89 Å². The van der Waals surface area contributed by atoms with Crippen molar-refractivity contribution in [1.82, 2.24) is 10.3 Å². The van der Waals surface area contributed by atoms with Gasteiger partial charge in [-0.2, -0.15) is 0 Å². The summed E-state index contributed by atoms with van der Waals surface area (Å²) in [5.74, 6) is 2.64. The van der Waals surface area contributed by atoms with Crippen LogP contribution in [0.3, 0.4) is 0 Å². The van der Waals surface area contributed by atoms with Gasteiger partial charge in [0.15, 0.2) is 0 Å². The Morgan fingerprint density at radius 2 is 2.15 bits per heavy atom. The highest BCUT2D eigenvalue weighted by Gasteiger charge is 2.17. The van der Waals surface area contributed by atoms with Gasteiger partial charge in [-0.05, 0) is 31.5 Å². The summed E-state index contributed by atoms with van der Waals surface area (Å²) in [5, 5.41) is 3.36. The van der Waals surface area contributed by atoms with E-state index in [2.05, 4.69) is 38.4 Å². The summed E-state index contributed by atoms with van der Waals surface area (Å²) in [5.41, 5.74) is 3.40. The topological polar surface area (TPSA) is 47.3 Å². The van der Waals surface area contributed by atoms with E-state index in [1.807, 2.05) is 13.8 Å². The molecule has 1 aliphatic heterocycles. The molecular weight excluding hydrogens is 320 g/mol. The lowest BCUT2D eigenvalue weighted by Gasteiger charge is -2.09. The van der Waals surface area contributed by atoms with Crippen LogP contribution >= 0.6 is 15.9 Å². The third kappa shape index (κ3) is 2.74. The summed E-state index contributed by atoms with van der Waals surface area (Å²) in [6.07, 6.45) is 0.986. The molecule has 20 heavy (non-hydrogen) atoms. The monoisotopic (exact) mass is 336 g/mol. The molecule has 0 saturated heterocycles. The number of halogens is 1. The summed E-state index contributed by atoms with van der Waals surface area (Å²) in [4.78, 5) is 4.36. The van der Waals surface area contributed by atoms with Crippen molar-refractivity contribution in [1.29, 1.82) is 0 Å². The summed E-state index contributed by atoms with van der Waals surface area (Å²) >= 11 is 3.55. The third-order valence-electron chi connectivity index (χ3n) is 3.49. The fraction of sp³-hybridized carbons (Fsp3) is 0.400. The normalized spacial score (nSPS) is 13.3. The van der Waals surface area contributed by atoms with Crippen LogP contribution in [0.1, 0.15) is 28.5 Å². The van der Waals surface area contributed by atoms with Crippen LogP contribution in [0.5, 0.6) is 5.75 Å². The van der Waals surface area contributed by atoms with Crippen LogP contribution in [-0.2, 0) is 19.5 Å². The molecule has 0 unspecified atom stereocenters. The third-order valence-corrected chi connectivity index (χ3v) is 3.95. The Balaban J connectivity index is 1.67. The van der Waals surface area contributed by atoms with Gasteiger partial charge >= 0.3 is 0 Å². The molecule has 2 heterocycles. The Bertz CT molecular complexity index is 618. The van der Waals surface area contributed by atoms with Crippen molar-refractivity contribution in [2.75, 3.05) is 6.61 Å². The molecule has 3 rings (SSSR count). The van der Waals surface area contributed by atoms with Gasteiger partial charge in [-0.25, -0.2) is 4.98 Å². The quantitative estimate of drug-likeness (QED) is 0.930. The van der Waals surface area contributed by atoms with Crippen molar-refractivity contribution >= 4 is 15.9 Å². The number of benzene rings is 1. The van der Waals surface area contributed by atoms with E-state index in [0.717, 1.165) is 47.1 Å². The van der Waals surface area contributed by atoms with E-state index in [4.69, 9.17) is 9.15 Å². The fourth-order valence-electron chi connectivity index (χ4n) is 2.40. The maximum atomic E-state index is 5.71. The predicted octanol–water partition coefficient (Wildman–Crippen LogP) is 3.28. The van der Waals surface area contributed by atoms with E-state index in [1.54, 1.807) is 0 Å². The van der Waals surface area contributed by atoms with Crippen molar-refractivity contribution in [3.8, 4) is 5.75 Å². The predicted molar refractivity (Wildman–Crippen MR) is 79.9 cm³/mol. The average Bonchev–Trinajstić information content (AvgIpc) is 2.97. The van der Waals surface area contributed by atoms with Gasteiger partial charge in [0.1, 0.15) is 11.5 Å². The molecule has 4 nitrogen and oxygen atoms in total. The second-order valence-electron chi connectivity index (χ2n) is 5.00. The minimum Gasteiger partial charge on any atom is -0.493 e. The number of oxazole rings is 1. The van der Waals surface area contributed by atoms with Gasteiger partial charge in [0.05, 0.1) is 18.8 Å². The van der Waals surface area contributed by atoms with Crippen molar-refractivity contribution < 1.29 is 9.15 Å². The molecular formula is C15H17BrN2O2. The van der Waals surface area contributed by atoms with Gasteiger partial charge < -0.3 is 14.5 Å². The zero-order chi connectivity index (χ0) is 14.1. The van der Waals surface area contributed by atoms with Crippen LogP contribution < -0.4 is 10.1 Å². The molecule has 1 aromatic carbocycles. The van der Waals surface area contributed by atoms with Crippen molar-refractivity contribution in [3.63, 3.8) is 0 Å². The van der Waals surface area contributed by atoms with Gasteiger partial charge in [-0.15, -0.1) is 0 Å². The van der Waals surface area contributed by atoms with Crippen LogP contribution in [0.25, 0.3) is 0 Å². The Kier molecular flexibility index (Phi) is 3.81. The standard InChI is InChI=1S/C15H17BrN2O2/c1-9-10(2)20-14(18-9)8-17-7-12-6-13(16)5-11-3-4-19-15(11)12/h5-6,17H,3-4,7-8H2,1-2H3. The maximum Gasteiger partial charge on any atom is 0.208 e. The second-order valence-corrected chi connectivity index (χ2v) is 5.92. The summed E-state index contributed by atoms with van der Waals surface area (Å²) in [6, 6.07) is 4.23. The lowest BCUT2D eigenvalue weighted by Crippen LogP contribution is -2.13. The van der Waals surface area contributed by atoms with E-state index in [0.29, 0.717) is 6.54 Å². The van der Waals surface area contributed by atoms with Gasteiger partial charge in [0.25, 0.3) is 0 Å². The molecule has 106 valence electrons. The number of aromatic nitrogens is 1. The Hall–Kier alpha value is -1.33. The molecule has 0 radical (unpaired) electrons. The van der Waals surface area contributed by atoms with Crippen LogP contribution in [-0.4, -0.2) is 11.6 Å². The Morgan fingerprint density at radius 3 is 2.90 bits per heavy atom. The van der Waals surface area contributed by atoms with E-state index < -0.39 is 0 Å². The van der Waals surface area contributed by atoms with E-state index in [-0.39, 0.29) is 0 Å². The zero-order valence-electron chi connectivity index (χ0n) is 11.6. The van der Waals surface area contributed by atoms with E-state index in [1.165, 1.54) is 11.1 Å². The first kappa shape index (κ1) is 13.6. The molecule has 5 heteroatoms. The minimum atomic E-state index is 0.621. The van der Waals surface area contributed by atoms with Crippen LogP contribution in [0.4, 0.5) is 0 Å². The number of ether oxygens (including phenoxy) is 1.